The highest BCUT2D eigenvalue weighted by atomic mass is 16.5. The number of hydrogen-bond acceptors (Lipinski definition) is 3. The molecule has 1 unspecified atom stereocenters. The third-order valence-corrected chi connectivity index (χ3v) is 4.94. The molecule has 3 aromatic rings. The van der Waals surface area contributed by atoms with Crippen molar-refractivity contribution in [2.45, 2.75) is 19.8 Å². The summed E-state index contributed by atoms with van der Waals surface area (Å²) in [5, 5.41) is 0. The number of rotatable bonds is 5. The van der Waals surface area contributed by atoms with Crippen LogP contribution in [0.25, 0.3) is 22.4 Å². The van der Waals surface area contributed by atoms with Crippen LogP contribution in [0.1, 0.15) is 19.8 Å². The number of piperidine rings is 1. The number of ether oxygens (including phenoxy) is 1. The second kappa shape index (κ2) is 7.28. The molecular formula is C21H25N3O. The lowest BCUT2D eigenvalue weighted by molar-refractivity contribution is 0.154. The van der Waals surface area contributed by atoms with Crippen molar-refractivity contribution in [3.63, 3.8) is 0 Å². The van der Waals surface area contributed by atoms with E-state index in [1.165, 1.54) is 25.9 Å². The maximum Gasteiger partial charge on any atom is 0.142 e. The summed E-state index contributed by atoms with van der Waals surface area (Å²) in [5.74, 6) is 2.56. The molecule has 1 saturated heterocycles. The normalized spacial score (nSPS) is 18.5. The Morgan fingerprint density at radius 1 is 1.16 bits per heavy atom. The molecule has 0 amide bonds. The van der Waals surface area contributed by atoms with E-state index in [2.05, 4.69) is 22.9 Å². The fourth-order valence-electron chi connectivity index (χ4n) is 3.64. The molecule has 1 fully saturated rings. The number of H-pyrrole nitrogens is 1. The minimum Gasteiger partial charge on any atom is -0.491 e. The van der Waals surface area contributed by atoms with Gasteiger partial charge >= 0.3 is 0 Å². The summed E-state index contributed by atoms with van der Waals surface area (Å²) >= 11 is 0. The van der Waals surface area contributed by atoms with Gasteiger partial charge in [0.25, 0.3) is 0 Å². The SMILES string of the molecule is CC1CCCN(CCOc2ccccc2-c2nc3ccccc3[nH]2)C1. The number of nitrogens with one attached hydrogen (secondary N) is 1. The van der Waals surface area contributed by atoms with E-state index in [1.54, 1.807) is 0 Å². The van der Waals surface area contributed by atoms with Crippen molar-refractivity contribution in [3.05, 3.63) is 48.5 Å². The van der Waals surface area contributed by atoms with Gasteiger partial charge in [0.2, 0.25) is 0 Å². The van der Waals surface area contributed by atoms with Gasteiger partial charge in [-0.15, -0.1) is 0 Å². The van der Waals surface area contributed by atoms with E-state index in [4.69, 9.17) is 9.72 Å². The standard InChI is InChI=1S/C21H25N3O/c1-16-7-6-12-24(15-16)13-14-25-20-11-5-2-8-17(20)21-22-18-9-3-4-10-19(18)23-21/h2-5,8-11,16H,6-7,12-15H2,1H3,(H,22,23). The van der Waals surface area contributed by atoms with Crippen molar-refractivity contribution in [2.75, 3.05) is 26.2 Å². The van der Waals surface area contributed by atoms with E-state index in [1.807, 2.05) is 42.5 Å². The average molecular weight is 335 g/mol. The Bertz CT molecular complexity index is 809. The van der Waals surface area contributed by atoms with Crippen LogP contribution in [0.3, 0.4) is 0 Å². The predicted molar refractivity (Wildman–Crippen MR) is 102 cm³/mol. The highest BCUT2D eigenvalue weighted by molar-refractivity contribution is 5.80. The Kier molecular flexibility index (Phi) is 4.70. The fourth-order valence-corrected chi connectivity index (χ4v) is 3.64. The van der Waals surface area contributed by atoms with E-state index >= 15 is 0 Å². The topological polar surface area (TPSA) is 41.1 Å². The molecule has 0 aliphatic carbocycles. The highest BCUT2D eigenvalue weighted by Crippen LogP contribution is 2.29. The molecule has 4 nitrogen and oxygen atoms in total. The van der Waals surface area contributed by atoms with Crippen molar-refractivity contribution in [1.29, 1.82) is 0 Å². The molecule has 25 heavy (non-hydrogen) atoms. The van der Waals surface area contributed by atoms with Gasteiger partial charge in [-0.1, -0.05) is 31.2 Å². The van der Waals surface area contributed by atoms with Crippen LogP contribution in [0.5, 0.6) is 5.75 Å². The van der Waals surface area contributed by atoms with Crippen LogP contribution in [-0.4, -0.2) is 41.1 Å². The first kappa shape index (κ1) is 16.2. The van der Waals surface area contributed by atoms with Crippen LogP contribution < -0.4 is 4.74 Å². The number of nitrogens with zero attached hydrogens (tertiary/aromatic N) is 2. The number of aromatic nitrogens is 2. The van der Waals surface area contributed by atoms with E-state index in [0.717, 1.165) is 40.6 Å². The molecule has 1 N–H and O–H groups in total. The molecule has 0 saturated carbocycles. The average Bonchev–Trinajstić information content (AvgIpc) is 3.06. The second-order valence-electron chi connectivity index (χ2n) is 7.00. The van der Waals surface area contributed by atoms with Crippen molar-refractivity contribution >= 4 is 11.0 Å². The van der Waals surface area contributed by atoms with Crippen molar-refractivity contribution < 1.29 is 4.74 Å². The molecule has 0 bridgehead atoms. The quantitative estimate of drug-likeness (QED) is 0.754. The Hall–Kier alpha value is -2.33. The maximum atomic E-state index is 6.12. The van der Waals surface area contributed by atoms with Crippen LogP contribution >= 0.6 is 0 Å². The number of fused-ring (bicyclic) bond motifs is 1. The Morgan fingerprint density at radius 3 is 2.88 bits per heavy atom. The molecule has 1 aromatic heterocycles. The van der Waals surface area contributed by atoms with Gasteiger partial charge in [0.15, 0.2) is 0 Å². The third-order valence-electron chi connectivity index (χ3n) is 4.94. The van der Waals surface area contributed by atoms with Gasteiger partial charge in [-0.3, -0.25) is 4.90 Å². The van der Waals surface area contributed by atoms with Gasteiger partial charge < -0.3 is 9.72 Å². The van der Waals surface area contributed by atoms with Gasteiger partial charge in [0.1, 0.15) is 18.2 Å². The number of hydrogen-bond donors (Lipinski definition) is 1. The largest absolute Gasteiger partial charge is 0.491 e. The zero-order valence-electron chi connectivity index (χ0n) is 14.7. The summed E-state index contributed by atoms with van der Waals surface area (Å²) in [7, 11) is 0. The summed E-state index contributed by atoms with van der Waals surface area (Å²) in [4.78, 5) is 10.6. The zero-order chi connectivity index (χ0) is 17.1. The lowest BCUT2D eigenvalue weighted by atomic mass is 10.0. The summed E-state index contributed by atoms with van der Waals surface area (Å²) in [6.45, 7) is 6.42. The summed E-state index contributed by atoms with van der Waals surface area (Å²) in [5.41, 5.74) is 3.05. The number of benzene rings is 2. The first-order valence-corrected chi connectivity index (χ1v) is 9.19. The Labute approximate surface area is 148 Å². The van der Waals surface area contributed by atoms with Crippen molar-refractivity contribution in [3.8, 4) is 17.1 Å². The first-order valence-electron chi connectivity index (χ1n) is 9.19. The van der Waals surface area contributed by atoms with E-state index < -0.39 is 0 Å². The van der Waals surface area contributed by atoms with E-state index in [9.17, 15) is 0 Å². The lowest BCUT2D eigenvalue weighted by Gasteiger charge is -2.30. The third kappa shape index (κ3) is 3.69. The molecule has 2 heterocycles. The maximum absolute atomic E-state index is 6.12. The van der Waals surface area contributed by atoms with Crippen molar-refractivity contribution in [2.24, 2.45) is 5.92 Å². The number of para-hydroxylation sites is 3. The fraction of sp³-hybridized carbons (Fsp3) is 0.381. The molecule has 0 spiro atoms. The Balaban J connectivity index is 1.47. The minimum atomic E-state index is 0.712. The Morgan fingerprint density at radius 2 is 2.00 bits per heavy atom. The summed E-state index contributed by atoms with van der Waals surface area (Å²) in [6.07, 6.45) is 2.66. The number of imidazole rings is 1. The van der Waals surface area contributed by atoms with Crippen LogP contribution in [0.4, 0.5) is 0 Å². The van der Waals surface area contributed by atoms with Crippen LogP contribution in [0.15, 0.2) is 48.5 Å². The molecular weight excluding hydrogens is 310 g/mol. The molecule has 1 aliphatic heterocycles. The molecule has 4 heteroatoms. The van der Waals surface area contributed by atoms with Crippen LogP contribution in [0, 0.1) is 5.92 Å². The van der Waals surface area contributed by atoms with Gasteiger partial charge in [-0.2, -0.15) is 0 Å². The predicted octanol–water partition coefficient (Wildman–Crippen LogP) is 4.34. The van der Waals surface area contributed by atoms with Gasteiger partial charge in [0, 0.05) is 13.1 Å². The van der Waals surface area contributed by atoms with Crippen molar-refractivity contribution in [1.82, 2.24) is 14.9 Å². The first-order chi connectivity index (χ1) is 12.3. The monoisotopic (exact) mass is 335 g/mol. The van der Waals surface area contributed by atoms with Gasteiger partial charge in [-0.05, 0) is 49.6 Å². The number of likely N-dealkylation sites (tertiary alicyclic amines) is 1. The van der Waals surface area contributed by atoms with Crippen LogP contribution in [-0.2, 0) is 0 Å². The van der Waals surface area contributed by atoms with Gasteiger partial charge in [0.05, 0.1) is 16.6 Å². The highest BCUT2D eigenvalue weighted by Gasteiger charge is 2.16. The lowest BCUT2D eigenvalue weighted by Crippen LogP contribution is -2.37. The molecule has 130 valence electrons. The van der Waals surface area contributed by atoms with Gasteiger partial charge in [-0.25, -0.2) is 4.98 Å². The van der Waals surface area contributed by atoms with E-state index in [-0.39, 0.29) is 0 Å². The zero-order valence-corrected chi connectivity index (χ0v) is 14.7. The molecule has 2 aromatic carbocycles. The molecule has 1 aliphatic rings. The minimum absolute atomic E-state index is 0.712. The number of aromatic amines is 1. The molecule has 0 radical (unpaired) electrons. The summed E-state index contributed by atoms with van der Waals surface area (Å²) in [6, 6.07) is 16.2. The molecule has 4 rings (SSSR count). The molecule has 1 atom stereocenters. The van der Waals surface area contributed by atoms with E-state index in [0.29, 0.717) is 6.61 Å². The second-order valence-corrected chi connectivity index (χ2v) is 7.00. The smallest absolute Gasteiger partial charge is 0.142 e. The summed E-state index contributed by atoms with van der Waals surface area (Å²) < 4.78 is 6.12. The van der Waals surface area contributed by atoms with Crippen LogP contribution in [0.2, 0.25) is 0 Å².